The van der Waals surface area contributed by atoms with E-state index in [0.717, 1.165) is 38.5 Å². The molecule has 132 valence electrons. The Hall–Kier alpha value is -1.96. The second-order valence-electron chi connectivity index (χ2n) is 6.39. The van der Waals surface area contributed by atoms with Gasteiger partial charge in [-0.3, -0.25) is 10.1 Å². The fourth-order valence-corrected chi connectivity index (χ4v) is 3.70. The molecule has 1 N–H and O–H groups in total. The highest BCUT2D eigenvalue weighted by atomic mass is 19.3. The van der Waals surface area contributed by atoms with Crippen molar-refractivity contribution < 1.29 is 23.2 Å². The summed E-state index contributed by atoms with van der Waals surface area (Å²) < 4.78 is 35.2. The van der Waals surface area contributed by atoms with Crippen molar-refractivity contribution in [3.8, 4) is 5.75 Å². The number of benzene rings is 1. The summed E-state index contributed by atoms with van der Waals surface area (Å²) >= 11 is 0. The number of halogens is 2. The topological polar surface area (TPSA) is 73.6 Å². The molecule has 2 aliphatic rings. The van der Waals surface area contributed by atoms with E-state index in [2.05, 4.69) is 10.1 Å². The Morgan fingerprint density at radius 3 is 2.79 bits per heavy atom. The van der Waals surface area contributed by atoms with Gasteiger partial charge in [-0.1, -0.05) is 12.8 Å². The van der Waals surface area contributed by atoms with Crippen LogP contribution in [0.5, 0.6) is 5.75 Å². The smallest absolute Gasteiger partial charge is 0.387 e. The monoisotopic (exact) mass is 342 g/mol. The molecule has 1 aliphatic carbocycles. The first-order valence-corrected chi connectivity index (χ1v) is 8.11. The standard InChI is InChI=1S/C16H20F2N2O4/c17-15(18)24-14-9-11(3-4-13(14)20(21)22)19-12-5-8-23-16(10-12)6-1-2-7-16/h3-4,9,12,15,19H,1-2,5-8,10H2. The average Bonchev–Trinajstić information content (AvgIpc) is 2.94. The van der Waals surface area contributed by atoms with Crippen LogP contribution in [0.1, 0.15) is 38.5 Å². The molecular formula is C16H20F2N2O4. The van der Waals surface area contributed by atoms with Gasteiger partial charge >= 0.3 is 12.3 Å². The highest BCUT2D eigenvalue weighted by Gasteiger charge is 2.39. The summed E-state index contributed by atoms with van der Waals surface area (Å²) in [6.07, 6.45) is 6.09. The zero-order valence-corrected chi connectivity index (χ0v) is 13.2. The molecule has 2 fully saturated rings. The summed E-state index contributed by atoms with van der Waals surface area (Å²) in [5.41, 5.74) is -0.00434. The first kappa shape index (κ1) is 16.9. The van der Waals surface area contributed by atoms with Gasteiger partial charge < -0.3 is 14.8 Å². The first-order chi connectivity index (χ1) is 11.5. The molecule has 1 aliphatic heterocycles. The Labute approximate surface area is 138 Å². The molecule has 1 heterocycles. The van der Waals surface area contributed by atoms with Gasteiger partial charge in [0.1, 0.15) is 0 Å². The summed E-state index contributed by atoms with van der Waals surface area (Å²) in [6.45, 7) is -2.45. The number of hydrogen-bond acceptors (Lipinski definition) is 5. The van der Waals surface area contributed by atoms with Crippen molar-refractivity contribution in [2.75, 3.05) is 11.9 Å². The van der Waals surface area contributed by atoms with Gasteiger partial charge in [0.05, 0.1) is 10.5 Å². The molecule has 1 aromatic rings. The van der Waals surface area contributed by atoms with Crippen molar-refractivity contribution in [2.24, 2.45) is 0 Å². The number of ether oxygens (including phenoxy) is 2. The second-order valence-corrected chi connectivity index (χ2v) is 6.39. The fourth-order valence-electron chi connectivity index (χ4n) is 3.70. The van der Waals surface area contributed by atoms with E-state index < -0.39 is 23.0 Å². The van der Waals surface area contributed by atoms with Crippen LogP contribution in [0, 0.1) is 10.1 Å². The van der Waals surface area contributed by atoms with Crippen LogP contribution in [-0.2, 0) is 4.74 Å². The highest BCUT2D eigenvalue weighted by Crippen LogP contribution is 2.41. The van der Waals surface area contributed by atoms with Crippen molar-refractivity contribution in [1.82, 2.24) is 0 Å². The van der Waals surface area contributed by atoms with Crippen LogP contribution < -0.4 is 10.1 Å². The van der Waals surface area contributed by atoms with E-state index in [1.807, 2.05) is 0 Å². The third-order valence-corrected chi connectivity index (χ3v) is 4.75. The minimum atomic E-state index is -3.11. The minimum Gasteiger partial charge on any atom is -0.427 e. The van der Waals surface area contributed by atoms with Crippen molar-refractivity contribution in [3.63, 3.8) is 0 Å². The van der Waals surface area contributed by atoms with Crippen LogP contribution in [-0.4, -0.2) is 29.8 Å². The quantitative estimate of drug-likeness (QED) is 0.644. The predicted octanol–water partition coefficient (Wildman–Crippen LogP) is 4.10. The highest BCUT2D eigenvalue weighted by molar-refractivity contribution is 5.58. The van der Waals surface area contributed by atoms with Crippen LogP contribution in [0.4, 0.5) is 20.2 Å². The van der Waals surface area contributed by atoms with E-state index in [1.54, 1.807) is 0 Å². The molecule has 1 saturated heterocycles. The number of alkyl halides is 2. The Kier molecular flexibility index (Phi) is 4.84. The molecule has 6 nitrogen and oxygen atoms in total. The van der Waals surface area contributed by atoms with Crippen molar-refractivity contribution in [1.29, 1.82) is 0 Å². The van der Waals surface area contributed by atoms with Gasteiger partial charge in [0.25, 0.3) is 0 Å². The summed E-state index contributed by atoms with van der Waals surface area (Å²) in [6, 6.07) is 4.12. The number of nitrogens with zero attached hydrogens (tertiary/aromatic N) is 1. The summed E-state index contributed by atoms with van der Waals surface area (Å²) in [5, 5.41) is 14.2. The molecule has 0 radical (unpaired) electrons. The molecule has 1 atom stereocenters. The lowest BCUT2D eigenvalue weighted by molar-refractivity contribution is -0.386. The summed E-state index contributed by atoms with van der Waals surface area (Å²) in [4.78, 5) is 10.2. The molecule has 8 heteroatoms. The van der Waals surface area contributed by atoms with Crippen molar-refractivity contribution in [2.45, 2.75) is 56.8 Å². The maximum atomic E-state index is 12.5. The molecule has 1 aromatic carbocycles. The Bertz CT molecular complexity index is 606. The second kappa shape index (κ2) is 6.88. The van der Waals surface area contributed by atoms with Crippen molar-refractivity contribution >= 4 is 11.4 Å². The number of nitrogens with one attached hydrogen (secondary N) is 1. The van der Waals surface area contributed by atoms with Gasteiger partial charge in [0.2, 0.25) is 5.75 Å². The van der Waals surface area contributed by atoms with Crippen molar-refractivity contribution in [3.05, 3.63) is 28.3 Å². The number of hydrogen-bond donors (Lipinski definition) is 1. The Morgan fingerprint density at radius 2 is 2.12 bits per heavy atom. The molecule has 0 aromatic heterocycles. The van der Waals surface area contributed by atoms with E-state index in [0.29, 0.717) is 12.3 Å². The SMILES string of the molecule is O=[N+]([O-])c1ccc(NC2CCOC3(CCCC3)C2)cc1OC(F)F. The van der Waals surface area contributed by atoms with Gasteiger partial charge in [-0.2, -0.15) is 8.78 Å². The molecule has 0 bridgehead atoms. The van der Waals surface area contributed by atoms with E-state index in [1.165, 1.54) is 18.2 Å². The third kappa shape index (κ3) is 3.75. The number of anilines is 1. The summed E-state index contributed by atoms with van der Waals surface area (Å²) in [7, 11) is 0. The zero-order chi connectivity index (χ0) is 17.2. The van der Waals surface area contributed by atoms with E-state index >= 15 is 0 Å². The Morgan fingerprint density at radius 1 is 1.38 bits per heavy atom. The largest absolute Gasteiger partial charge is 0.427 e. The lowest BCUT2D eigenvalue weighted by atomic mass is 9.89. The fraction of sp³-hybridized carbons (Fsp3) is 0.625. The maximum Gasteiger partial charge on any atom is 0.387 e. The predicted molar refractivity (Wildman–Crippen MR) is 83.5 cm³/mol. The van der Waals surface area contributed by atoms with E-state index in [4.69, 9.17) is 4.74 Å². The van der Waals surface area contributed by atoms with Crippen LogP contribution >= 0.6 is 0 Å². The molecule has 1 unspecified atom stereocenters. The zero-order valence-electron chi connectivity index (χ0n) is 13.2. The number of nitro groups is 1. The normalized spacial score (nSPS) is 22.7. The molecule has 0 amide bonds. The molecule has 1 spiro atoms. The molecule has 24 heavy (non-hydrogen) atoms. The number of rotatable bonds is 5. The van der Waals surface area contributed by atoms with Crippen LogP contribution in [0.25, 0.3) is 0 Å². The first-order valence-electron chi connectivity index (χ1n) is 8.11. The maximum absolute atomic E-state index is 12.5. The third-order valence-electron chi connectivity index (χ3n) is 4.75. The van der Waals surface area contributed by atoms with Gasteiger partial charge in [-0.25, -0.2) is 0 Å². The van der Waals surface area contributed by atoms with E-state index in [-0.39, 0.29) is 11.6 Å². The van der Waals surface area contributed by atoms with Crippen LogP contribution in [0.3, 0.4) is 0 Å². The molecular weight excluding hydrogens is 322 g/mol. The molecule has 3 rings (SSSR count). The van der Waals surface area contributed by atoms with Crippen LogP contribution in [0.2, 0.25) is 0 Å². The van der Waals surface area contributed by atoms with Gasteiger partial charge in [0, 0.05) is 30.5 Å². The Balaban J connectivity index is 1.73. The lowest BCUT2D eigenvalue weighted by Crippen LogP contribution is -2.42. The summed E-state index contributed by atoms with van der Waals surface area (Å²) in [5.74, 6) is -0.428. The lowest BCUT2D eigenvalue weighted by Gasteiger charge is -2.39. The number of nitro benzene ring substituents is 1. The average molecular weight is 342 g/mol. The van der Waals surface area contributed by atoms with Gasteiger partial charge in [-0.05, 0) is 31.7 Å². The van der Waals surface area contributed by atoms with Crippen LogP contribution in [0.15, 0.2) is 18.2 Å². The minimum absolute atomic E-state index is 0.0704. The van der Waals surface area contributed by atoms with Gasteiger partial charge in [0.15, 0.2) is 0 Å². The molecule has 1 saturated carbocycles. The van der Waals surface area contributed by atoms with Gasteiger partial charge in [-0.15, -0.1) is 0 Å². The van der Waals surface area contributed by atoms with E-state index in [9.17, 15) is 18.9 Å².